The third kappa shape index (κ3) is 3.36. The summed E-state index contributed by atoms with van der Waals surface area (Å²) in [6, 6.07) is 6.54. The maximum absolute atomic E-state index is 5.80. The van der Waals surface area contributed by atoms with Gasteiger partial charge < -0.3 is 10.1 Å². The van der Waals surface area contributed by atoms with Crippen LogP contribution in [0.3, 0.4) is 0 Å². The van der Waals surface area contributed by atoms with E-state index >= 15 is 0 Å². The Kier molecular flexibility index (Phi) is 4.30. The van der Waals surface area contributed by atoms with Gasteiger partial charge in [0.2, 0.25) is 0 Å². The van der Waals surface area contributed by atoms with Crippen molar-refractivity contribution in [3.8, 4) is 5.75 Å². The van der Waals surface area contributed by atoms with Crippen LogP contribution in [0, 0.1) is 5.92 Å². The predicted molar refractivity (Wildman–Crippen MR) is 71.9 cm³/mol. The van der Waals surface area contributed by atoms with Gasteiger partial charge in [0, 0.05) is 6.54 Å². The van der Waals surface area contributed by atoms with Gasteiger partial charge in [-0.25, -0.2) is 0 Å². The van der Waals surface area contributed by atoms with Gasteiger partial charge in [-0.2, -0.15) is 0 Å². The first-order valence-electron chi connectivity index (χ1n) is 6.37. The Morgan fingerprint density at radius 1 is 1.24 bits per heavy atom. The van der Waals surface area contributed by atoms with Crippen molar-refractivity contribution in [1.29, 1.82) is 0 Å². The van der Waals surface area contributed by atoms with Gasteiger partial charge in [-0.1, -0.05) is 18.9 Å². The van der Waals surface area contributed by atoms with E-state index in [1.807, 2.05) is 0 Å². The Labute approximate surface area is 109 Å². The zero-order chi connectivity index (χ0) is 10.8. The van der Waals surface area contributed by atoms with E-state index in [0.717, 1.165) is 37.8 Å². The molecule has 0 spiro atoms. The maximum Gasteiger partial charge on any atom is 0.119 e. The minimum absolute atomic E-state index is 0. The van der Waals surface area contributed by atoms with Gasteiger partial charge in [-0.05, 0) is 48.6 Å². The van der Waals surface area contributed by atoms with Gasteiger partial charge in [-0.3, -0.25) is 0 Å². The van der Waals surface area contributed by atoms with Crippen LogP contribution in [0.4, 0.5) is 0 Å². The summed E-state index contributed by atoms with van der Waals surface area (Å²) in [6.07, 6.45) is 5.20. The van der Waals surface area contributed by atoms with E-state index in [4.69, 9.17) is 4.74 Å². The summed E-state index contributed by atoms with van der Waals surface area (Å²) in [5, 5.41) is 3.39. The molecule has 0 unspecified atom stereocenters. The molecule has 0 saturated heterocycles. The highest BCUT2D eigenvalue weighted by Gasteiger charge is 2.20. The van der Waals surface area contributed by atoms with E-state index < -0.39 is 0 Å². The van der Waals surface area contributed by atoms with E-state index in [-0.39, 0.29) is 12.4 Å². The van der Waals surface area contributed by atoms with Crippen molar-refractivity contribution in [2.45, 2.75) is 32.2 Å². The van der Waals surface area contributed by atoms with Crippen LogP contribution in [-0.4, -0.2) is 13.2 Å². The fraction of sp³-hybridized carbons (Fsp3) is 0.571. The first kappa shape index (κ1) is 12.7. The van der Waals surface area contributed by atoms with Crippen LogP contribution < -0.4 is 10.1 Å². The molecule has 2 aliphatic rings. The third-order valence-electron chi connectivity index (χ3n) is 3.56. The molecule has 0 bridgehead atoms. The molecule has 0 atom stereocenters. The molecule has 0 amide bonds. The Morgan fingerprint density at radius 3 is 2.94 bits per heavy atom. The molecule has 2 nitrogen and oxygen atoms in total. The molecule has 3 heteroatoms. The van der Waals surface area contributed by atoms with Gasteiger partial charge in [0.05, 0.1) is 6.61 Å². The fourth-order valence-corrected chi connectivity index (χ4v) is 2.29. The normalized spacial score (nSPS) is 18.1. The van der Waals surface area contributed by atoms with Crippen LogP contribution in [0.15, 0.2) is 18.2 Å². The van der Waals surface area contributed by atoms with Crippen molar-refractivity contribution < 1.29 is 4.74 Å². The molecule has 1 aliphatic heterocycles. The first-order valence-corrected chi connectivity index (χ1v) is 6.37. The Balaban J connectivity index is 0.00000108. The van der Waals surface area contributed by atoms with Crippen LogP contribution in [0.1, 0.15) is 30.4 Å². The average molecular weight is 254 g/mol. The molecule has 0 radical (unpaired) electrons. The van der Waals surface area contributed by atoms with Crippen LogP contribution in [0.5, 0.6) is 5.75 Å². The summed E-state index contributed by atoms with van der Waals surface area (Å²) < 4.78 is 5.80. The lowest BCUT2D eigenvalue weighted by Gasteiger charge is -2.18. The maximum atomic E-state index is 5.80. The van der Waals surface area contributed by atoms with Crippen LogP contribution >= 0.6 is 12.4 Å². The van der Waals surface area contributed by atoms with Gasteiger partial charge in [-0.15, -0.1) is 12.4 Å². The highest BCUT2D eigenvalue weighted by atomic mass is 35.5. The molecule has 1 N–H and O–H groups in total. The number of rotatable bonds is 4. The van der Waals surface area contributed by atoms with E-state index in [9.17, 15) is 0 Å². The molecular weight excluding hydrogens is 234 g/mol. The van der Waals surface area contributed by atoms with Crippen molar-refractivity contribution in [3.63, 3.8) is 0 Å². The van der Waals surface area contributed by atoms with E-state index in [1.54, 1.807) is 0 Å². The molecule has 1 aromatic rings. The second kappa shape index (κ2) is 5.74. The number of nitrogens with one attached hydrogen (secondary N) is 1. The molecule has 3 rings (SSSR count). The number of ether oxygens (including phenoxy) is 1. The van der Waals surface area contributed by atoms with Gasteiger partial charge in [0.1, 0.15) is 5.75 Å². The van der Waals surface area contributed by atoms with Crippen molar-refractivity contribution >= 4 is 12.4 Å². The lowest BCUT2D eigenvalue weighted by Crippen LogP contribution is -2.23. The van der Waals surface area contributed by atoms with Crippen LogP contribution in [-0.2, 0) is 13.0 Å². The van der Waals surface area contributed by atoms with Gasteiger partial charge >= 0.3 is 0 Å². The molecule has 1 heterocycles. The van der Waals surface area contributed by atoms with E-state index in [1.165, 1.54) is 30.4 Å². The van der Waals surface area contributed by atoms with Crippen molar-refractivity contribution in [2.24, 2.45) is 5.92 Å². The summed E-state index contributed by atoms with van der Waals surface area (Å²) in [7, 11) is 0. The summed E-state index contributed by atoms with van der Waals surface area (Å²) >= 11 is 0. The predicted octanol–water partition coefficient (Wildman–Crippen LogP) is 2.93. The van der Waals surface area contributed by atoms with E-state index in [0.29, 0.717) is 0 Å². The third-order valence-corrected chi connectivity index (χ3v) is 3.56. The smallest absolute Gasteiger partial charge is 0.119 e. The number of benzene rings is 1. The van der Waals surface area contributed by atoms with Gasteiger partial charge in [0.15, 0.2) is 0 Å². The molecule has 94 valence electrons. The van der Waals surface area contributed by atoms with Crippen LogP contribution in [0.2, 0.25) is 0 Å². The monoisotopic (exact) mass is 253 g/mol. The molecule has 0 aromatic heterocycles. The lowest BCUT2D eigenvalue weighted by molar-refractivity contribution is 0.302. The highest BCUT2D eigenvalue weighted by molar-refractivity contribution is 5.85. The minimum Gasteiger partial charge on any atom is -0.494 e. The summed E-state index contributed by atoms with van der Waals surface area (Å²) in [5.74, 6) is 2.02. The summed E-state index contributed by atoms with van der Waals surface area (Å²) in [6.45, 7) is 3.00. The molecule has 1 fully saturated rings. The van der Waals surface area contributed by atoms with E-state index in [2.05, 4.69) is 23.5 Å². The SMILES string of the molecule is Cl.c1cc2c(cc1OCCC1CC1)CCNC2. The lowest BCUT2D eigenvalue weighted by atomic mass is 10.0. The summed E-state index contributed by atoms with van der Waals surface area (Å²) in [4.78, 5) is 0. The van der Waals surface area contributed by atoms with Gasteiger partial charge in [0.25, 0.3) is 0 Å². The van der Waals surface area contributed by atoms with Crippen LogP contribution in [0.25, 0.3) is 0 Å². The molecule has 1 saturated carbocycles. The van der Waals surface area contributed by atoms with Crippen molar-refractivity contribution in [2.75, 3.05) is 13.2 Å². The number of fused-ring (bicyclic) bond motifs is 1. The largest absolute Gasteiger partial charge is 0.494 e. The molecular formula is C14H20ClNO. The Hall–Kier alpha value is -0.730. The molecule has 17 heavy (non-hydrogen) atoms. The standard InChI is InChI=1S/C14H19NO.ClH/c1-2-11(1)6-8-16-14-4-3-13-10-15-7-5-12(13)9-14;/h3-4,9,11,15H,1-2,5-8,10H2;1H. The summed E-state index contributed by atoms with van der Waals surface area (Å²) in [5.41, 5.74) is 2.89. The fourth-order valence-electron chi connectivity index (χ4n) is 2.29. The Bertz CT molecular complexity index is 376. The second-order valence-electron chi connectivity index (χ2n) is 4.94. The van der Waals surface area contributed by atoms with Crippen molar-refractivity contribution in [3.05, 3.63) is 29.3 Å². The second-order valence-corrected chi connectivity index (χ2v) is 4.94. The zero-order valence-corrected chi connectivity index (χ0v) is 10.9. The zero-order valence-electron chi connectivity index (χ0n) is 10.1. The molecule has 1 aromatic carbocycles. The Morgan fingerprint density at radius 2 is 2.12 bits per heavy atom. The number of halogens is 1. The topological polar surface area (TPSA) is 21.3 Å². The van der Waals surface area contributed by atoms with Crippen molar-refractivity contribution in [1.82, 2.24) is 5.32 Å². The number of hydrogen-bond acceptors (Lipinski definition) is 2. The first-order chi connectivity index (χ1) is 7.92. The highest BCUT2D eigenvalue weighted by Crippen LogP contribution is 2.32. The average Bonchev–Trinajstić information content (AvgIpc) is 3.13. The quantitative estimate of drug-likeness (QED) is 0.891. The number of hydrogen-bond donors (Lipinski definition) is 1. The minimum atomic E-state index is 0. The molecule has 1 aliphatic carbocycles.